The Labute approximate surface area is 93.7 Å². The maximum Gasteiger partial charge on any atom is 0.212 e. The molecule has 1 aliphatic heterocycles. The van der Waals surface area contributed by atoms with Gasteiger partial charge in [0.05, 0.1) is 0 Å². The van der Waals surface area contributed by atoms with E-state index in [0.717, 1.165) is 12.8 Å². The fourth-order valence-corrected chi connectivity index (χ4v) is 1.91. The lowest BCUT2D eigenvalue weighted by molar-refractivity contribution is 0.0852. The fraction of sp³-hybridized carbons (Fsp3) is 0.545. The first-order valence-electron chi connectivity index (χ1n) is 5.34. The summed E-state index contributed by atoms with van der Waals surface area (Å²) in [6, 6.07) is 2.70. The molecule has 2 rings (SSSR count). The van der Waals surface area contributed by atoms with Gasteiger partial charge in [0.25, 0.3) is 0 Å². The molecule has 16 heavy (non-hydrogen) atoms. The molecule has 1 saturated heterocycles. The molecule has 0 unspecified atom stereocenters. The monoisotopic (exact) mass is 226 g/mol. The van der Waals surface area contributed by atoms with Crippen LogP contribution < -0.4 is 4.90 Å². The third-order valence-electron chi connectivity index (χ3n) is 2.89. The van der Waals surface area contributed by atoms with E-state index in [1.165, 1.54) is 12.1 Å². The molecule has 1 aromatic rings. The van der Waals surface area contributed by atoms with Gasteiger partial charge in [-0.05, 0) is 18.9 Å². The largest absolute Gasteiger partial charge is 0.493 e. The predicted molar refractivity (Wildman–Crippen MR) is 58.1 cm³/mol. The van der Waals surface area contributed by atoms with E-state index >= 15 is 0 Å². The molecular formula is C11H15FN2O2. The Kier molecular flexibility index (Phi) is 3.24. The molecule has 1 aliphatic rings. The summed E-state index contributed by atoms with van der Waals surface area (Å²) in [5.74, 6) is -0.367. The second kappa shape index (κ2) is 4.65. The highest BCUT2D eigenvalue weighted by atomic mass is 19.1. The second-order valence-corrected chi connectivity index (χ2v) is 3.93. The lowest BCUT2D eigenvalue weighted by Crippen LogP contribution is -2.37. The highest BCUT2D eigenvalue weighted by molar-refractivity contribution is 5.42. The van der Waals surface area contributed by atoms with Gasteiger partial charge in [-0.1, -0.05) is 0 Å². The van der Waals surface area contributed by atoms with Crippen LogP contribution in [0.3, 0.4) is 0 Å². The lowest BCUT2D eigenvalue weighted by Gasteiger charge is -2.32. The van der Waals surface area contributed by atoms with Gasteiger partial charge in [0, 0.05) is 32.4 Å². The molecule has 1 fully saturated rings. The smallest absolute Gasteiger partial charge is 0.212 e. The summed E-state index contributed by atoms with van der Waals surface area (Å²) < 4.78 is 18.8. The first-order chi connectivity index (χ1) is 7.68. The fourth-order valence-electron chi connectivity index (χ4n) is 1.91. The van der Waals surface area contributed by atoms with Crippen molar-refractivity contribution < 1.29 is 14.2 Å². The van der Waals surface area contributed by atoms with E-state index in [-0.39, 0.29) is 17.7 Å². The van der Waals surface area contributed by atoms with Gasteiger partial charge in [-0.3, -0.25) is 0 Å². The van der Waals surface area contributed by atoms with Crippen molar-refractivity contribution in [2.45, 2.75) is 18.9 Å². The van der Waals surface area contributed by atoms with Gasteiger partial charge in [0.2, 0.25) is 5.88 Å². The van der Waals surface area contributed by atoms with Gasteiger partial charge in [-0.15, -0.1) is 0 Å². The number of aromatic nitrogens is 1. The SMILES string of the molecule is CN(c1nc(O)ccc1F)C1CCOCC1. The quantitative estimate of drug-likeness (QED) is 0.831. The summed E-state index contributed by atoms with van der Waals surface area (Å²) in [6.07, 6.45) is 1.71. The van der Waals surface area contributed by atoms with E-state index < -0.39 is 5.82 Å². The summed E-state index contributed by atoms with van der Waals surface area (Å²) >= 11 is 0. The summed E-state index contributed by atoms with van der Waals surface area (Å²) in [7, 11) is 1.79. The van der Waals surface area contributed by atoms with Crippen molar-refractivity contribution in [3.05, 3.63) is 17.9 Å². The third kappa shape index (κ3) is 2.24. The molecule has 5 heteroatoms. The molecule has 0 bridgehead atoms. The van der Waals surface area contributed by atoms with Gasteiger partial charge in [0.1, 0.15) is 0 Å². The molecule has 0 spiro atoms. The van der Waals surface area contributed by atoms with Crippen LogP contribution in [0.1, 0.15) is 12.8 Å². The zero-order chi connectivity index (χ0) is 11.5. The van der Waals surface area contributed by atoms with Crippen LogP contribution in [0.25, 0.3) is 0 Å². The van der Waals surface area contributed by atoms with Gasteiger partial charge >= 0.3 is 0 Å². The summed E-state index contributed by atoms with van der Waals surface area (Å²) in [5, 5.41) is 9.26. The Morgan fingerprint density at radius 1 is 1.44 bits per heavy atom. The van der Waals surface area contributed by atoms with Crippen LogP contribution >= 0.6 is 0 Å². The average Bonchev–Trinajstić information content (AvgIpc) is 2.32. The number of pyridine rings is 1. The minimum atomic E-state index is -0.410. The van der Waals surface area contributed by atoms with Crippen molar-refractivity contribution in [2.24, 2.45) is 0 Å². The Morgan fingerprint density at radius 3 is 2.81 bits per heavy atom. The summed E-state index contributed by atoms with van der Waals surface area (Å²) in [4.78, 5) is 5.59. The normalized spacial score (nSPS) is 17.4. The van der Waals surface area contributed by atoms with E-state index in [9.17, 15) is 9.50 Å². The number of aromatic hydroxyl groups is 1. The number of anilines is 1. The first-order valence-corrected chi connectivity index (χ1v) is 5.34. The zero-order valence-electron chi connectivity index (χ0n) is 9.19. The number of rotatable bonds is 2. The van der Waals surface area contributed by atoms with Gasteiger partial charge in [-0.2, -0.15) is 4.98 Å². The Hall–Kier alpha value is -1.36. The van der Waals surface area contributed by atoms with Crippen molar-refractivity contribution in [3.8, 4) is 5.88 Å². The van der Waals surface area contributed by atoms with Crippen molar-refractivity contribution in [1.82, 2.24) is 4.98 Å². The predicted octanol–water partition coefficient (Wildman–Crippen LogP) is 1.54. The van der Waals surface area contributed by atoms with Crippen molar-refractivity contribution >= 4 is 5.82 Å². The molecule has 0 radical (unpaired) electrons. The Bertz CT molecular complexity index is 367. The molecule has 0 atom stereocenters. The van der Waals surface area contributed by atoms with E-state index in [1.54, 1.807) is 11.9 Å². The van der Waals surface area contributed by atoms with E-state index in [2.05, 4.69) is 4.98 Å². The zero-order valence-corrected chi connectivity index (χ0v) is 9.19. The third-order valence-corrected chi connectivity index (χ3v) is 2.89. The molecule has 4 nitrogen and oxygen atoms in total. The van der Waals surface area contributed by atoms with Gasteiger partial charge in [-0.25, -0.2) is 4.39 Å². The number of nitrogens with zero attached hydrogens (tertiary/aromatic N) is 2. The van der Waals surface area contributed by atoms with Crippen LogP contribution in [0, 0.1) is 5.82 Å². The van der Waals surface area contributed by atoms with Crippen molar-refractivity contribution in [2.75, 3.05) is 25.2 Å². The lowest BCUT2D eigenvalue weighted by atomic mass is 10.1. The van der Waals surface area contributed by atoms with Gasteiger partial charge in [0.15, 0.2) is 11.6 Å². The van der Waals surface area contributed by atoms with Gasteiger partial charge < -0.3 is 14.7 Å². The molecule has 0 saturated carbocycles. The summed E-state index contributed by atoms with van der Waals surface area (Å²) in [6.45, 7) is 1.38. The van der Waals surface area contributed by atoms with Crippen LogP contribution in [0.4, 0.5) is 10.2 Å². The number of hydrogen-bond acceptors (Lipinski definition) is 4. The summed E-state index contributed by atoms with van der Waals surface area (Å²) in [5.41, 5.74) is 0. The molecule has 88 valence electrons. The maximum absolute atomic E-state index is 13.5. The van der Waals surface area contributed by atoms with E-state index in [1.807, 2.05) is 0 Å². The van der Waals surface area contributed by atoms with E-state index in [0.29, 0.717) is 13.2 Å². The number of halogens is 1. The highest BCUT2D eigenvalue weighted by Crippen LogP contribution is 2.23. The Balaban J connectivity index is 2.18. The Morgan fingerprint density at radius 2 is 2.12 bits per heavy atom. The maximum atomic E-state index is 13.5. The van der Waals surface area contributed by atoms with E-state index in [4.69, 9.17) is 4.74 Å². The van der Waals surface area contributed by atoms with Crippen LogP contribution in [0.5, 0.6) is 5.88 Å². The molecule has 1 N–H and O–H groups in total. The molecule has 1 aromatic heterocycles. The molecule has 0 aliphatic carbocycles. The minimum Gasteiger partial charge on any atom is -0.493 e. The molecular weight excluding hydrogens is 211 g/mol. The van der Waals surface area contributed by atoms with Crippen LogP contribution in [-0.4, -0.2) is 36.4 Å². The number of ether oxygens (including phenoxy) is 1. The van der Waals surface area contributed by atoms with Crippen molar-refractivity contribution in [1.29, 1.82) is 0 Å². The van der Waals surface area contributed by atoms with Crippen LogP contribution in [0.15, 0.2) is 12.1 Å². The topological polar surface area (TPSA) is 45.6 Å². The highest BCUT2D eigenvalue weighted by Gasteiger charge is 2.22. The molecule has 0 amide bonds. The second-order valence-electron chi connectivity index (χ2n) is 3.93. The van der Waals surface area contributed by atoms with Crippen molar-refractivity contribution in [3.63, 3.8) is 0 Å². The average molecular weight is 226 g/mol. The minimum absolute atomic E-state index is 0.157. The van der Waals surface area contributed by atoms with Crippen LogP contribution in [-0.2, 0) is 4.74 Å². The first kappa shape index (κ1) is 11.1. The standard InChI is InChI=1S/C11H15FN2O2/c1-14(8-4-6-16-7-5-8)11-9(12)2-3-10(15)13-11/h2-3,8H,4-7H2,1H3,(H,13,15). The van der Waals surface area contributed by atoms with Crippen LogP contribution in [0.2, 0.25) is 0 Å². The number of hydrogen-bond donors (Lipinski definition) is 1. The molecule has 0 aromatic carbocycles. The molecule has 2 heterocycles.